The van der Waals surface area contributed by atoms with Crippen LogP contribution in [0.1, 0.15) is 18.1 Å². The van der Waals surface area contributed by atoms with Gasteiger partial charge in [0.25, 0.3) is 0 Å². The number of amides is 1. The van der Waals surface area contributed by atoms with Gasteiger partial charge in [0.2, 0.25) is 5.91 Å². The molecule has 1 amide bonds. The van der Waals surface area contributed by atoms with E-state index in [1.54, 1.807) is 7.11 Å². The third-order valence-corrected chi connectivity index (χ3v) is 3.99. The summed E-state index contributed by atoms with van der Waals surface area (Å²) < 4.78 is 5.14. The van der Waals surface area contributed by atoms with Crippen molar-refractivity contribution < 1.29 is 9.53 Å². The van der Waals surface area contributed by atoms with Gasteiger partial charge in [-0.1, -0.05) is 30.3 Å². The van der Waals surface area contributed by atoms with Gasteiger partial charge >= 0.3 is 0 Å². The topological polar surface area (TPSA) is 29.5 Å². The third-order valence-electron chi connectivity index (χ3n) is 3.99. The molecule has 0 saturated heterocycles. The van der Waals surface area contributed by atoms with Gasteiger partial charge in [-0.05, 0) is 42.7 Å². The van der Waals surface area contributed by atoms with E-state index in [-0.39, 0.29) is 11.9 Å². The Bertz CT molecular complexity index is 649. The van der Waals surface area contributed by atoms with Crippen LogP contribution in [0.15, 0.2) is 48.5 Å². The minimum atomic E-state index is 0.151. The van der Waals surface area contributed by atoms with E-state index in [9.17, 15) is 4.79 Å². The van der Waals surface area contributed by atoms with Crippen molar-refractivity contribution in [1.82, 2.24) is 0 Å². The first-order chi connectivity index (χ1) is 10.2. The fourth-order valence-electron chi connectivity index (χ4n) is 2.95. The number of benzene rings is 2. The smallest absolute Gasteiger partial charge is 0.231 e. The lowest BCUT2D eigenvalue weighted by molar-refractivity contribution is -0.118. The molecule has 2 aromatic rings. The summed E-state index contributed by atoms with van der Waals surface area (Å²) in [6.45, 7) is 2.10. The summed E-state index contributed by atoms with van der Waals surface area (Å²) in [6.07, 6.45) is 1.35. The number of anilines is 1. The van der Waals surface area contributed by atoms with Gasteiger partial charge in [-0.15, -0.1) is 0 Å². The molecule has 2 aromatic carbocycles. The van der Waals surface area contributed by atoms with Crippen LogP contribution in [0.2, 0.25) is 0 Å². The largest absolute Gasteiger partial charge is 0.497 e. The number of ether oxygens (including phenoxy) is 1. The second-order valence-electron chi connectivity index (χ2n) is 5.47. The molecule has 0 saturated carbocycles. The van der Waals surface area contributed by atoms with Crippen molar-refractivity contribution in [1.29, 1.82) is 0 Å². The highest BCUT2D eigenvalue weighted by Crippen LogP contribution is 2.32. The van der Waals surface area contributed by atoms with Crippen molar-refractivity contribution in [3.63, 3.8) is 0 Å². The number of methoxy groups -OCH3 is 1. The molecular weight excluding hydrogens is 262 g/mol. The zero-order valence-electron chi connectivity index (χ0n) is 12.4. The highest BCUT2D eigenvalue weighted by atomic mass is 16.5. The van der Waals surface area contributed by atoms with Gasteiger partial charge in [-0.2, -0.15) is 0 Å². The molecule has 21 heavy (non-hydrogen) atoms. The predicted molar refractivity (Wildman–Crippen MR) is 83.8 cm³/mol. The average molecular weight is 281 g/mol. The average Bonchev–Trinajstić information content (AvgIpc) is 2.83. The number of nitrogens with zero attached hydrogens (tertiary/aromatic N) is 1. The Labute approximate surface area is 125 Å². The molecule has 1 aliphatic rings. The lowest BCUT2D eigenvalue weighted by Crippen LogP contribution is -2.36. The number of carbonyl (C=O) groups is 1. The Hall–Kier alpha value is -2.29. The van der Waals surface area contributed by atoms with Gasteiger partial charge in [0, 0.05) is 11.7 Å². The molecule has 0 aliphatic carbocycles. The van der Waals surface area contributed by atoms with Crippen LogP contribution in [0.25, 0.3) is 0 Å². The third kappa shape index (κ3) is 2.64. The molecule has 3 heteroatoms. The maximum absolute atomic E-state index is 12.6. The molecule has 0 unspecified atom stereocenters. The standard InChI is InChI=1S/C18H19NO2/c1-13-11-15-5-3-4-6-17(15)19(13)18(20)12-14-7-9-16(21-2)10-8-14/h3-10,13H,11-12H2,1-2H3/t13-/m1/s1. The Balaban J connectivity index is 1.79. The first-order valence-electron chi connectivity index (χ1n) is 7.22. The van der Waals surface area contributed by atoms with Crippen molar-refractivity contribution in [3.8, 4) is 5.75 Å². The fraction of sp³-hybridized carbons (Fsp3) is 0.278. The van der Waals surface area contributed by atoms with E-state index in [4.69, 9.17) is 4.74 Å². The normalized spacial score (nSPS) is 16.7. The lowest BCUT2D eigenvalue weighted by atomic mass is 10.1. The molecule has 0 aromatic heterocycles. The Morgan fingerprint density at radius 1 is 1.19 bits per heavy atom. The van der Waals surface area contributed by atoms with Crippen molar-refractivity contribution in [3.05, 3.63) is 59.7 Å². The maximum Gasteiger partial charge on any atom is 0.231 e. The Kier molecular flexibility index (Phi) is 3.65. The van der Waals surface area contributed by atoms with Gasteiger partial charge in [-0.3, -0.25) is 4.79 Å². The van der Waals surface area contributed by atoms with Crippen LogP contribution >= 0.6 is 0 Å². The summed E-state index contributed by atoms with van der Waals surface area (Å²) in [5.41, 5.74) is 3.33. The number of carbonyl (C=O) groups excluding carboxylic acids is 1. The van der Waals surface area contributed by atoms with Gasteiger partial charge in [0.1, 0.15) is 5.75 Å². The predicted octanol–water partition coefficient (Wildman–Crippen LogP) is 3.22. The monoisotopic (exact) mass is 281 g/mol. The minimum absolute atomic E-state index is 0.151. The van der Waals surface area contributed by atoms with Gasteiger partial charge in [-0.25, -0.2) is 0 Å². The summed E-state index contributed by atoms with van der Waals surface area (Å²) in [5, 5.41) is 0. The molecule has 0 bridgehead atoms. The van der Waals surface area contributed by atoms with Crippen LogP contribution in [0.5, 0.6) is 5.75 Å². The van der Waals surface area contributed by atoms with Gasteiger partial charge < -0.3 is 9.64 Å². The summed E-state index contributed by atoms with van der Waals surface area (Å²) in [5.74, 6) is 0.962. The van der Waals surface area contributed by atoms with Crippen molar-refractivity contribution >= 4 is 11.6 Å². The van der Waals surface area contributed by atoms with Crippen LogP contribution in [-0.4, -0.2) is 19.1 Å². The van der Waals surface area contributed by atoms with Crippen molar-refractivity contribution in [2.45, 2.75) is 25.8 Å². The van der Waals surface area contributed by atoms with Crippen LogP contribution in [-0.2, 0) is 17.6 Å². The number of hydrogen-bond donors (Lipinski definition) is 0. The van der Waals surface area contributed by atoms with E-state index in [2.05, 4.69) is 13.0 Å². The summed E-state index contributed by atoms with van der Waals surface area (Å²) in [6, 6.07) is 16.1. The quantitative estimate of drug-likeness (QED) is 0.864. The molecule has 0 fully saturated rings. The van der Waals surface area contributed by atoms with E-state index in [0.717, 1.165) is 23.4 Å². The zero-order valence-corrected chi connectivity index (χ0v) is 12.4. The minimum Gasteiger partial charge on any atom is -0.497 e. The molecule has 3 rings (SSSR count). The molecule has 1 atom stereocenters. The van der Waals surface area contributed by atoms with E-state index >= 15 is 0 Å². The van der Waals surface area contributed by atoms with Crippen LogP contribution in [0.4, 0.5) is 5.69 Å². The SMILES string of the molecule is COc1ccc(CC(=O)N2c3ccccc3C[C@H]2C)cc1. The van der Waals surface area contributed by atoms with E-state index < -0.39 is 0 Å². The molecule has 108 valence electrons. The number of hydrogen-bond acceptors (Lipinski definition) is 2. The molecular formula is C18H19NO2. The van der Waals surface area contributed by atoms with Crippen LogP contribution < -0.4 is 9.64 Å². The maximum atomic E-state index is 12.6. The molecule has 0 spiro atoms. The van der Waals surface area contributed by atoms with Crippen molar-refractivity contribution in [2.24, 2.45) is 0 Å². The Morgan fingerprint density at radius 3 is 2.62 bits per heavy atom. The molecule has 3 nitrogen and oxygen atoms in total. The van der Waals surface area contributed by atoms with Gasteiger partial charge in [0.15, 0.2) is 0 Å². The number of fused-ring (bicyclic) bond motifs is 1. The first kappa shape index (κ1) is 13.7. The Morgan fingerprint density at radius 2 is 1.90 bits per heavy atom. The highest BCUT2D eigenvalue weighted by molar-refractivity contribution is 5.97. The molecule has 1 heterocycles. The number of rotatable bonds is 3. The fourth-order valence-corrected chi connectivity index (χ4v) is 2.95. The summed E-state index contributed by atoms with van der Waals surface area (Å²) in [7, 11) is 1.64. The van der Waals surface area contributed by atoms with E-state index in [1.165, 1.54) is 5.56 Å². The second-order valence-corrected chi connectivity index (χ2v) is 5.47. The van der Waals surface area contributed by atoms with E-state index in [0.29, 0.717) is 6.42 Å². The lowest BCUT2D eigenvalue weighted by Gasteiger charge is -2.22. The second kappa shape index (κ2) is 5.60. The van der Waals surface area contributed by atoms with Crippen LogP contribution in [0, 0.1) is 0 Å². The highest BCUT2D eigenvalue weighted by Gasteiger charge is 2.30. The first-order valence-corrected chi connectivity index (χ1v) is 7.22. The zero-order chi connectivity index (χ0) is 14.8. The van der Waals surface area contributed by atoms with Crippen molar-refractivity contribution in [2.75, 3.05) is 12.0 Å². The summed E-state index contributed by atoms with van der Waals surface area (Å²) >= 11 is 0. The van der Waals surface area contributed by atoms with Crippen LogP contribution in [0.3, 0.4) is 0 Å². The molecule has 0 N–H and O–H groups in total. The number of para-hydroxylation sites is 1. The molecule has 1 aliphatic heterocycles. The van der Waals surface area contributed by atoms with Gasteiger partial charge in [0.05, 0.1) is 13.5 Å². The summed E-state index contributed by atoms with van der Waals surface area (Å²) in [4.78, 5) is 14.6. The van der Waals surface area contributed by atoms with E-state index in [1.807, 2.05) is 47.4 Å². The molecule has 0 radical (unpaired) electrons.